The quantitative estimate of drug-likeness (QED) is 0.822. The first-order valence-corrected chi connectivity index (χ1v) is 6.93. The van der Waals surface area contributed by atoms with Crippen molar-refractivity contribution in [1.29, 1.82) is 0 Å². The van der Waals surface area contributed by atoms with Gasteiger partial charge in [-0.15, -0.1) is 0 Å². The summed E-state index contributed by atoms with van der Waals surface area (Å²) in [4.78, 5) is 11.6. The van der Waals surface area contributed by atoms with Crippen molar-refractivity contribution in [3.05, 3.63) is 45.3 Å². The number of benzene rings is 1. The van der Waals surface area contributed by atoms with Crippen molar-refractivity contribution in [3.8, 4) is 0 Å². The summed E-state index contributed by atoms with van der Waals surface area (Å²) in [5.74, 6) is 0. The van der Waals surface area contributed by atoms with Gasteiger partial charge in [0.05, 0.1) is 6.61 Å². The Hall–Kier alpha value is -1.65. The molecule has 0 saturated carbocycles. The number of aliphatic hydroxyl groups is 1. The van der Waals surface area contributed by atoms with Crippen LogP contribution in [0, 0.1) is 13.8 Å². The molecule has 0 aliphatic heterocycles. The van der Waals surface area contributed by atoms with Gasteiger partial charge in [-0.25, -0.2) is 4.79 Å². The molecule has 4 heteroatoms. The highest BCUT2D eigenvalue weighted by atomic mass is 16.4. The van der Waals surface area contributed by atoms with E-state index < -0.39 is 0 Å². The molecule has 1 atom stereocenters. The molecular weight excluding hydrogens is 254 g/mol. The summed E-state index contributed by atoms with van der Waals surface area (Å²) < 4.78 is 5.26. The first-order valence-electron chi connectivity index (χ1n) is 6.93. The SMILES string of the molecule is CCC(CO)NCc1cc(=O)oc2cc(C)c(C)cc12. The van der Waals surface area contributed by atoms with Crippen LogP contribution in [-0.2, 0) is 6.54 Å². The van der Waals surface area contributed by atoms with E-state index in [0.29, 0.717) is 12.1 Å². The lowest BCUT2D eigenvalue weighted by Gasteiger charge is -2.15. The van der Waals surface area contributed by atoms with Crippen molar-refractivity contribution in [1.82, 2.24) is 5.32 Å². The van der Waals surface area contributed by atoms with Gasteiger partial charge in [-0.1, -0.05) is 6.92 Å². The Morgan fingerprint density at radius 2 is 1.95 bits per heavy atom. The van der Waals surface area contributed by atoms with Crippen LogP contribution < -0.4 is 10.9 Å². The van der Waals surface area contributed by atoms with Crippen molar-refractivity contribution in [2.75, 3.05) is 6.61 Å². The molecule has 0 aliphatic rings. The van der Waals surface area contributed by atoms with Crippen molar-refractivity contribution in [3.63, 3.8) is 0 Å². The van der Waals surface area contributed by atoms with Crippen molar-refractivity contribution < 1.29 is 9.52 Å². The molecule has 0 fully saturated rings. The zero-order chi connectivity index (χ0) is 14.7. The largest absolute Gasteiger partial charge is 0.423 e. The van der Waals surface area contributed by atoms with Crippen LogP contribution >= 0.6 is 0 Å². The molecule has 1 aromatic heterocycles. The molecule has 20 heavy (non-hydrogen) atoms. The van der Waals surface area contributed by atoms with E-state index >= 15 is 0 Å². The van der Waals surface area contributed by atoms with Crippen LogP contribution in [0.25, 0.3) is 11.0 Å². The molecule has 0 bridgehead atoms. The maximum atomic E-state index is 11.6. The smallest absolute Gasteiger partial charge is 0.336 e. The van der Waals surface area contributed by atoms with Gasteiger partial charge in [0.25, 0.3) is 0 Å². The van der Waals surface area contributed by atoms with Crippen molar-refractivity contribution in [2.24, 2.45) is 0 Å². The number of aryl methyl sites for hydroxylation is 2. The molecular formula is C16H21NO3. The van der Waals surface area contributed by atoms with E-state index in [4.69, 9.17) is 4.42 Å². The molecule has 4 nitrogen and oxygen atoms in total. The molecule has 0 amide bonds. The summed E-state index contributed by atoms with van der Waals surface area (Å²) in [6, 6.07) is 5.52. The molecule has 2 rings (SSSR count). The maximum Gasteiger partial charge on any atom is 0.336 e. The Kier molecular flexibility index (Phi) is 4.57. The lowest BCUT2D eigenvalue weighted by Crippen LogP contribution is -2.31. The van der Waals surface area contributed by atoms with Gasteiger partial charge in [0.1, 0.15) is 5.58 Å². The minimum atomic E-state index is -0.338. The molecule has 0 saturated heterocycles. The average Bonchev–Trinajstić information content (AvgIpc) is 2.42. The van der Waals surface area contributed by atoms with Crippen LogP contribution in [0.1, 0.15) is 30.0 Å². The van der Waals surface area contributed by atoms with Gasteiger partial charge in [-0.3, -0.25) is 0 Å². The molecule has 1 heterocycles. The van der Waals surface area contributed by atoms with E-state index in [1.807, 2.05) is 32.9 Å². The van der Waals surface area contributed by atoms with Crippen molar-refractivity contribution >= 4 is 11.0 Å². The highest BCUT2D eigenvalue weighted by molar-refractivity contribution is 5.81. The van der Waals surface area contributed by atoms with E-state index in [2.05, 4.69) is 5.32 Å². The topological polar surface area (TPSA) is 62.5 Å². The van der Waals surface area contributed by atoms with Crippen LogP contribution in [0.3, 0.4) is 0 Å². The summed E-state index contributed by atoms with van der Waals surface area (Å²) in [6.07, 6.45) is 0.841. The predicted octanol–water partition coefficient (Wildman–Crippen LogP) is 2.27. The number of fused-ring (bicyclic) bond motifs is 1. The number of hydrogen-bond acceptors (Lipinski definition) is 4. The third kappa shape index (κ3) is 3.08. The Labute approximate surface area is 118 Å². The first-order chi connectivity index (χ1) is 9.55. The Bertz CT molecular complexity index is 657. The Morgan fingerprint density at radius 1 is 1.25 bits per heavy atom. The zero-order valence-corrected chi connectivity index (χ0v) is 12.2. The average molecular weight is 275 g/mol. The van der Waals surface area contributed by atoms with Crippen molar-refractivity contribution in [2.45, 2.75) is 39.8 Å². The van der Waals surface area contributed by atoms with E-state index in [9.17, 15) is 9.90 Å². The van der Waals surface area contributed by atoms with Gasteiger partial charge in [0, 0.05) is 24.0 Å². The second-order valence-corrected chi connectivity index (χ2v) is 5.19. The summed E-state index contributed by atoms with van der Waals surface area (Å²) in [7, 11) is 0. The second-order valence-electron chi connectivity index (χ2n) is 5.19. The molecule has 2 N–H and O–H groups in total. The fourth-order valence-electron chi connectivity index (χ4n) is 2.22. The number of hydrogen-bond donors (Lipinski definition) is 2. The zero-order valence-electron chi connectivity index (χ0n) is 12.2. The number of nitrogens with one attached hydrogen (secondary N) is 1. The summed E-state index contributed by atoms with van der Waals surface area (Å²) in [6.45, 7) is 6.69. The van der Waals surface area contributed by atoms with E-state index in [0.717, 1.165) is 22.9 Å². The Morgan fingerprint density at radius 3 is 2.60 bits per heavy atom. The molecule has 108 valence electrons. The summed E-state index contributed by atoms with van der Waals surface area (Å²) >= 11 is 0. The van der Waals surface area contributed by atoms with Crippen LogP contribution in [-0.4, -0.2) is 17.8 Å². The van der Waals surface area contributed by atoms with Gasteiger partial charge >= 0.3 is 5.63 Å². The predicted molar refractivity (Wildman–Crippen MR) is 80.0 cm³/mol. The minimum absolute atomic E-state index is 0.0452. The standard InChI is InChI=1S/C16H21NO3/c1-4-13(9-18)17-8-12-7-16(19)20-15-6-11(3)10(2)5-14(12)15/h5-7,13,17-18H,4,8-9H2,1-3H3. The highest BCUT2D eigenvalue weighted by Gasteiger charge is 2.09. The lowest BCUT2D eigenvalue weighted by atomic mass is 10.0. The summed E-state index contributed by atoms with van der Waals surface area (Å²) in [5.41, 5.74) is 3.46. The van der Waals surface area contributed by atoms with Gasteiger partial charge in [0.2, 0.25) is 0 Å². The molecule has 0 radical (unpaired) electrons. The fourth-order valence-corrected chi connectivity index (χ4v) is 2.22. The van der Waals surface area contributed by atoms with Gasteiger partial charge in [-0.2, -0.15) is 0 Å². The van der Waals surface area contributed by atoms with Crippen LogP contribution in [0.2, 0.25) is 0 Å². The van der Waals surface area contributed by atoms with Crippen LogP contribution in [0.15, 0.2) is 27.4 Å². The molecule has 1 unspecified atom stereocenters. The van der Waals surface area contributed by atoms with Gasteiger partial charge in [0.15, 0.2) is 0 Å². The number of aliphatic hydroxyl groups excluding tert-OH is 1. The van der Waals surface area contributed by atoms with E-state index in [1.165, 1.54) is 11.6 Å². The second kappa shape index (κ2) is 6.20. The molecule has 2 aromatic rings. The maximum absolute atomic E-state index is 11.6. The van der Waals surface area contributed by atoms with E-state index in [-0.39, 0.29) is 18.3 Å². The normalized spacial score (nSPS) is 12.8. The van der Waals surface area contributed by atoms with Crippen LogP contribution in [0.5, 0.6) is 0 Å². The van der Waals surface area contributed by atoms with Gasteiger partial charge in [-0.05, 0) is 49.1 Å². The molecule has 1 aromatic carbocycles. The third-order valence-corrected chi connectivity index (χ3v) is 3.74. The summed E-state index contributed by atoms with van der Waals surface area (Å²) in [5, 5.41) is 13.4. The lowest BCUT2D eigenvalue weighted by molar-refractivity contribution is 0.238. The Balaban J connectivity index is 2.41. The fraction of sp³-hybridized carbons (Fsp3) is 0.438. The van der Waals surface area contributed by atoms with Gasteiger partial charge < -0.3 is 14.8 Å². The number of rotatable bonds is 5. The highest BCUT2D eigenvalue weighted by Crippen LogP contribution is 2.21. The molecule has 0 spiro atoms. The molecule has 0 aliphatic carbocycles. The van der Waals surface area contributed by atoms with Crippen LogP contribution in [0.4, 0.5) is 0 Å². The third-order valence-electron chi connectivity index (χ3n) is 3.74. The monoisotopic (exact) mass is 275 g/mol. The van der Waals surface area contributed by atoms with E-state index in [1.54, 1.807) is 0 Å². The first kappa shape index (κ1) is 14.8. The minimum Gasteiger partial charge on any atom is -0.423 e.